The molecule has 0 spiro atoms. The van der Waals surface area contributed by atoms with E-state index in [1.165, 1.54) is 34.9 Å². The Labute approximate surface area is 191 Å². The Balaban J connectivity index is 1.60. The van der Waals surface area contributed by atoms with Crippen molar-refractivity contribution in [3.05, 3.63) is 93.5 Å². The van der Waals surface area contributed by atoms with Crippen LogP contribution in [0.1, 0.15) is 21.3 Å². The topological polar surface area (TPSA) is 49.4 Å². The summed E-state index contributed by atoms with van der Waals surface area (Å²) >= 11 is 13.2. The minimum Gasteiger partial charge on any atom is -0.322 e. The summed E-state index contributed by atoms with van der Waals surface area (Å²) in [7, 11) is 0. The second-order valence-electron chi connectivity index (χ2n) is 6.73. The summed E-state index contributed by atoms with van der Waals surface area (Å²) in [5.74, 6) is -2.05. The Morgan fingerprint density at radius 3 is 2.58 bits per heavy atom. The normalized spacial score (nSPS) is 15.9. The van der Waals surface area contributed by atoms with Gasteiger partial charge in [-0.05, 0) is 48.0 Å². The molecule has 4 nitrogen and oxygen atoms in total. The lowest BCUT2D eigenvalue weighted by Gasteiger charge is -2.25. The second-order valence-corrected chi connectivity index (χ2v) is 8.61. The van der Waals surface area contributed by atoms with Crippen LogP contribution in [0.4, 0.5) is 20.2 Å². The largest absolute Gasteiger partial charge is 0.322 e. The van der Waals surface area contributed by atoms with E-state index < -0.39 is 17.0 Å². The molecule has 1 atom stereocenters. The van der Waals surface area contributed by atoms with Crippen molar-refractivity contribution in [1.29, 1.82) is 0 Å². The lowest BCUT2D eigenvalue weighted by molar-refractivity contribution is -0.115. The third kappa shape index (κ3) is 4.54. The third-order valence-corrected chi connectivity index (χ3v) is 6.60. The predicted octanol–water partition coefficient (Wildman–Crippen LogP) is 6.30. The van der Waals surface area contributed by atoms with E-state index in [2.05, 4.69) is 5.32 Å². The molecule has 3 aromatic rings. The Bertz CT molecular complexity index is 1190. The van der Waals surface area contributed by atoms with Gasteiger partial charge in [0.2, 0.25) is 5.91 Å². The van der Waals surface area contributed by atoms with Crippen molar-refractivity contribution in [2.24, 2.45) is 0 Å². The van der Waals surface area contributed by atoms with E-state index in [0.29, 0.717) is 21.8 Å². The summed E-state index contributed by atoms with van der Waals surface area (Å²) in [5, 5.41) is 2.87. The molecule has 9 heteroatoms. The monoisotopic (exact) mass is 478 g/mol. The van der Waals surface area contributed by atoms with E-state index in [1.807, 2.05) is 0 Å². The van der Waals surface area contributed by atoms with Gasteiger partial charge in [0.25, 0.3) is 5.91 Å². The van der Waals surface area contributed by atoms with Crippen LogP contribution in [0.15, 0.2) is 60.7 Å². The number of hydrogen-bond acceptors (Lipinski definition) is 3. The van der Waals surface area contributed by atoms with Crippen LogP contribution < -0.4 is 10.2 Å². The van der Waals surface area contributed by atoms with Crippen LogP contribution in [0.5, 0.6) is 0 Å². The zero-order valence-corrected chi connectivity index (χ0v) is 18.1. The van der Waals surface area contributed by atoms with Gasteiger partial charge in [-0.25, -0.2) is 8.78 Å². The van der Waals surface area contributed by atoms with Crippen molar-refractivity contribution in [3.8, 4) is 0 Å². The molecular formula is C22H14Cl2F2N2O2S. The molecule has 158 valence electrons. The minimum atomic E-state index is -0.815. The van der Waals surface area contributed by atoms with Gasteiger partial charge in [0.05, 0.1) is 21.5 Å². The first-order valence-corrected chi connectivity index (χ1v) is 10.9. The SMILES string of the molecule is O=C(Nc1cccc(C2SCC(=O)N2c2ccc(F)cc2F)c1)c1ccc(Cl)c(Cl)c1. The summed E-state index contributed by atoms with van der Waals surface area (Å²) in [4.78, 5) is 26.3. The van der Waals surface area contributed by atoms with Gasteiger partial charge in [0, 0.05) is 17.3 Å². The van der Waals surface area contributed by atoms with Crippen molar-refractivity contribution in [2.45, 2.75) is 5.37 Å². The van der Waals surface area contributed by atoms with E-state index in [4.69, 9.17) is 23.2 Å². The van der Waals surface area contributed by atoms with E-state index >= 15 is 0 Å². The number of halogens is 4. The molecule has 31 heavy (non-hydrogen) atoms. The average Bonchev–Trinajstić information content (AvgIpc) is 3.11. The fourth-order valence-corrected chi connectivity index (χ4v) is 4.68. The maximum absolute atomic E-state index is 14.3. The zero-order chi connectivity index (χ0) is 22.1. The van der Waals surface area contributed by atoms with Gasteiger partial charge in [0.1, 0.15) is 17.0 Å². The first-order chi connectivity index (χ1) is 14.8. The number of nitrogens with zero attached hydrogens (tertiary/aromatic N) is 1. The molecule has 1 fully saturated rings. The molecule has 1 N–H and O–H groups in total. The Kier molecular flexibility index (Phi) is 6.18. The minimum absolute atomic E-state index is 0.00615. The van der Waals surface area contributed by atoms with Gasteiger partial charge in [-0.3, -0.25) is 14.5 Å². The molecule has 1 aliphatic heterocycles. The van der Waals surface area contributed by atoms with Crippen LogP contribution in [0.2, 0.25) is 10.0 Å². The first-order valence-electron chi connectivity index (χ1n) is 9.08. The van der Waals surface area contributed by atoms with E-state index in [9.17, 15) is 18.4 Å². The van der Waals surface area contributed by atoms with Gasteiger partial charge in [0.15, 0.2) is 0 Å². The van der Waals surface area contributed by atoms with Gasteiger partial charge in [-0.2, -0.15) is 0 Å². The number of thioether (sulfide) groups is 1. The average molecular weight is 479 g/mol. The Hall–Kier alpha value is -2.61. The smallest absolute Gasteiger partial charge is 0.255 e. The highest BCUT2D eigenvalue weighted by molar-refractivity contribution is 8.00. The lowest BCUT2D eigenvalue weighted by atomic mass is 10.1. The number of anilines is 2. The molecule has 3 aromatic carbocycles. The summed E-state index contributed by atoms with van der Waals surface area (Å²) in [6.07, 6.45) is 0. The van der Waals surface area contributed by atoms with Crippen LogP contribution in [-0.2, 0) is 4.79 Å². The molecule has 1 unspecified atom stereocenters. The highest BCUT2D eigenvalue weighted by Crippen LogP contribution is 2.43. The Morgan fingerprint density at radius 1 is 1.03 bits per heavy atom. The summed E-state index contributed by atoms with van der Waals surface area (Å²) in [6, 6.07) is 14.6. The fraction of sp³-hybridized carbons (Fsp3) is 0.0909. The van der Waals surface area contributed by atoms with Crippen LogP contribution in [0, 0.1) is 11.6 Å². The maximum atomic E-state index is 14.3. The molecule has 0 aromatic heterocycles. The highest BCUT2D eigenvalue weighted by atomic mass is 35.5. The molecular weight excluding hydrogens is 465 g/mol. The molecule has 2 amide bonds. The van der Waals surface area contributed by atoms with Gasteiger partial charge >= 0.3 is 0 Å². The van der Waals surface area contributed by atoms with Crippen LogP contribution >= 0.6 is 35.0 Å². The molecule has 1 saturated heterocycles. The van der Waals surface area contributed by atoms with E-state index in [-0.39, 0.29) is 28.3 Å². The first kappa shape index (κ1) is 21.6. The number of nitrogens with one attached hydrogen (secondary N) is 1. The standard InChI is InChI=1S/C22H14Cl2F2N2O2S/c23-16-6-4-12(9-17(16)24)21(30)27-15-3-1-2-13(8-15)22-28(20(29)11-31-22)19-7-5-14(25)10-18(19)26/h1-10,22H,11H2,(H,27,30). The summed E-state index contributed by atoms with van der Waals surface area (Å²) in [6.45, 7) is 0. The number of benzene rings is 3. The zero-order valence-electron chi connectivity index (χ0n) is 15.7. The summed E-state index contributed by atoms with van der Waals surface area (Å²) < 4.78 is 27.7. The number of carbonyl (C=O) groups excluding carboxylic acids is 2. The third-order valence-electron chi connectivity index (χ3n) is 4.65. The second kappa shape index (κ2) is 8.86. The number of amides is 2. The Morgan fingerprint density at radius 2 is 1.84 bits per heavy atom. The quantitative estimate of drug-likeness (QED) is 0.478. The molecule has 0 saturated carbocycles. The van der Waals surface area contributed by atoms with Gasteiger partial charge < -0.3 is 5.32 Å². The molecule has 4 rings (SSSR count). The summed E-state index contributed by atoms with van der Waals surface area (Å²) in [5.41, 5.74) is 1.52. The highest BCUT2D eigenvalue weighted by Gasteiger charge is 2.35. The van der Waals surface area contributed by atoms with Crippen LogP contribution in [-0.4, -0.2) is 17.6 Å². The molecule has 0 radical (unpaired) electrons. The van der Waals surface area contributed by atoms with Gasteiger partial charge in [-0.15, -0.1) is 11.8 Å². The van der Waals surface area contributed by atoms with Crippen LogP contribution in [0.25, 0.3) is 0 Å². The van der Waals surface area contributed by atoms with Crippen molar-refractivity contribution >= 4 is 58.2 Å². The molecule has 1 aliphatic rings. The molecule has 0 bridgehead atoms. The number of rotatable bonds is 4. The van der Waals surface area contributed by atoms with Crippen molar-refractivity contribution in [1.82, 2.24) is 0 Å². The molecule has 1 heterocycles. The molecule has 0 aliphatic carbocycles. The number of carbonyl (C=O) groups is 2. The van der Waals surface area contributed by atoms with Gasteiger partial charge in [-0.1, -0.05) is 35.3 Å². The lowest BCUT2D eigenvalue weighted by Crippen LogP contribution is -2.28. The number of hydrogen-bond donors (Lipinski definition) is 1. The van der Waals surface area contributed by atoms with E-state index in [1.54, 1.807) is 30.3 Å². The maximum Gasteiger partial charge on any atom is 0.255 e. The van der Waals surface area contributed by atoms with Crippen molar-refractivity contribution < 1.29 is 18.4 Å². The fourth-order valence-electron chi connectivity index (χ4n) is 3.22. The predicted molar refractivity (Wildman–Crippen MR) is 120 cm³/mol. The van der Waals surface area contributed by atoms with Crippen molar-refractivity contribution in [2.75, 3.05) is 16.0 Å². The van der Waals surface area contributed by atoms with Crippen molar-refractivity contribution in [3.63, 3.8) is 0 Å². The van der Waals surface area contributed by atoms with Crippen LogP contribution in [0.3, 0.4) is 0 Å². The van der Waals surface area contributed by atoms with E-state index in [0.717, 1.165) is 12.1 Å².